The summed E-state index contributed by atoms with van der Waals surface area (Å²) in [5.74, 6) is -0.504. The summed E-state index contributed by atoms with van der Waals surface area (Å²) < 4.78 is 1.75. The molecular weight excluding hydrogens is 214 g/mol. The number of Topliss-reactive ketones (excluding diaryl/α,β-unsaturated/α-hetero) is 1. The van der Waals surface area contributed by atoms with Gasteiger partial charge >= 0.3 is 0 Å². The van der Waals surface area contributed by atoms with Crippen LogP contribution < -0.4 is 0 Å². The molecule has 3 nitrogen and oxygen atoms in total. The highest BCUT2D eigenvalue weighted by Crippen LogP contribution is 2.18. The second-order valence-electron chi connectivity index (χ2n) is 4.04. The van der Waals surface area contributed by atoms with E-state index in [1.165, 1.54) is 0 Å². The van der Waals surface area contributed by atoms with Gasteiger partial charge in [-0.2, -0.15) is 0 Å². The van der Waals surface area contributed by atoms with Gasteiger partial charge in [-0.3, -0.25) is 9.59 Å². The van der Waals surface area contributed by atoms with E-state index in [1.807, 2.05) is 32.0 Å². The van der Waals surface area contributed by atoms with Gasteiger partial charge in [0.2, 0.25) is 5.78 Å². The molecule has 2 aromatic rings. The molecule has 0 unspecified atom stereocenters. The Bertz CT molecular complexity index is 582. The number of hydrogen-bond donors (Lipinski definition) is 0. The average molecular weight is 227 g/mol. The fraction of sp³-hybridized carbons (Fsp3) is 0.143. The number of nitrogens with zero attached hydrogens (tertiary/aromatic N) is 1. The van der Waals surface area contributed by atoms with Gasteiger partial charge in [0, 0.05) is 11.9 Å². The number of carbonyl (C=O) groups excluding carboxylic acids is 2. The Balaban J connectivity index is 2.61. The highest BCUT2D eigenvalue weighted by molar-refractivity contribution is 6.32. The minimum Gasteiger partial charge on any atom is -0.313 e. The Hall–Kier alpha value is -2.16. The monoisotopic (exact) mass is 227 g/mol. The van der Waals surface area contributed by atoms with Crippen LogP contribution in [0.5, 0.6) is 0 Å². The van der Waals surface area contributed by atoms with E-state index in [0.717, 1.165) is 16.8 Å². The first-order valence-corrected chi connectivity index (χ1v) is 5.38. The molecule has 0 aliphatic rings. The molecule has 0 aliphatic carbocycles. The lowest BCUT2D eigenvalue weighted by molar-refractivity contribution is -0.104. The van der Waals surface area contributed by atoms with E-state index in [9.17, 15) is 9.59 Å². The van der Waals surface area contributed by atoms with Crippen LogP contribution in [0, 0.1) is 13.8 Å². The third-order valence-electron chi connectivity index (χ3n) is 2.73. The van der Waals surface area contributed by atoms with Gasteiger partial charge in [0.05, 0.1) is 5.69 Å². The van der Waals surface area contributed by atoms with Crippen LogP contribution in [0.4, 0.5) is 0 Å². The largest absolute Gasteiger partial charge is 0.313 e. The van der Waals surface area contributed by atoms with Gasteiger partial charge in [-0.15, -0.1) is 0 Å². The summed E-state index contributed by atoms with van der Waals surface area (Å²) >= 11 is 0. The molecule has 0 saturated heterocycles. The average Bonchev–Trinajstić information content (AvgIpc) is 2.80. The summed E-state index contributed by atoms with van der Waals surface area (Å²) in [5, 5.41) is 0. The van der Waals surface area contributed by atoms with E-state index in [4.69, 9.17) is 0 Å². The molecule has 0 saturated carbocycles. The maximum Gasteiger partial charge on any atom is 0.242 e. The molecule has 86 valence electrons. The standard InChI is InChI=1S/C14H13NO2/c1-10-5-6-11(2)13(8-10)15-7-3-4-12(15)14(17)9-16/h3-9H,1-2H3. The van der Waals surface area contributed by atoms with Gasteiger partial charge in [-0.05, 0) is 43.2 Å². The molecule has 0 bridgehead atoms. The van der Waals surface area contributed by atoms with Gasteiger partial charge in [-0.25, -0.2) is 0 Å². The molecular formula is C14H13NO2. The SMILES string of the molecule is Cc1ccc(C)c(-n2cccc2C(=O)C=O)c1. The number of ketones is 1. The van der Waals surface area contributed by atoms with Crippen LogP contribution in [0.25, 0.3) is 5.69 Å². The van der Waals surface area contributed by atoms with Crippen molar-refractivity contribution in [1.29, 1.82) is 0 Å². The Morgan fingerprint density at radius 2 is 2.00 bits per heavy atom. The molecule has 3 heteroatoms. The Morgan fingerprint density at radius 3 is 2.71 bits per heavy atom. The van der Waals surface area contributed by atoms with Gasteiger partial charge in [0.1, 0.15) is 0 Å². The van der Waals surface area contributed by atoms with Crippen LogP contribution in [0.1, 0.15) is 21.6 Å². The summed E-state index contributed by atoms with van der Waals surface area (Å²) in [4.78, 5) is 22.1. The quantitative estimate of drug-likeness (QED) is 0.459. The molecule has 17 heavy (non-hydrogen) atoms. The fourth-order valence-corrected chi connectivity index (χ4v) is 1.83. The number of hydrogen-bond acceptors (Lipinski definition) is 2. The summed E-state index contributed by atoms with van der Waals surface area (Å²) in [6, 6.07) is 9.43. The van der Waals surface area contributed by atoms with Crippen LogP contribution in [0.3, 0.4) is 0 Å². The molecule has 1 aromatic heterocycles. The number of aryl methyl sites for hydroxylation is 2. The first kappa shape index (κ1) is 11.3. The van der Waals surface area contributed by atoms with Gasteiger partial charge < -0.3 is 4.57 Å². The highest BCUT2D eigenvalue weighted by atomic mass is 16.2. The van der Waals surface area contributed by atoms with Crippen molar-refractivity contribution in [2.75, 3.05) is 0 Å². The van der Waals surface area contributed by atoms with Crippen LogP contribution in [-0.2, 0) is 4.79 Å². The smallest absolute Gasteiger partial charge is 0.242 e. The topological polar surface area (TPSA) is 39.1 Å². The Morgan fingerprint density at radius 1 is 1.24 bits per heavy atom. The number of rotatable bonds is 3. The second kappa shape index (κ2) is 4.37. The summed E-state index contributed by atoms with van der Waals surface area (Å²) in [6.45, 7) is 3.97. The molecule has 1 heterocycles. The lowest BCUT2D eigenvalue weighted by Gasteiger charge is -2.11. The number of benzene rings is 1. The van der Waals surface area contributed by atoms with E-state index < -0.39 is 5.78 Å². The summed E-state index contributed by atoms with van der Waals surface area (Å²) in [5.41, 5.74) is 3.50. The Labute approximate surface area is 99.7 Å². The van der Waals surface area contributed by atoms with Gasteiger partial charge in [-0.1, -0.05) is 12.1 Å². The van der Waals surface area contributed by atoms with Crippen molar-refractivity contribution in [3.63, 3.8) is 0 Å². The second-order valence-corrected chi connectivity index (χ2v) is 4.04. The van der Waals surface area contributed by atoms with Gasteiger partial charge in [0.25, 0.3) is 0 Å². The minimum atomic E-state index is -0.504. The van der Waals surface area contributed by atoms with Crippen molar-refractivity contribution in [2.45, 2.75) is 13.8 Å². The maximum atomic E-state index is 11.5. The normalized spacial score (nSPS) is 10.2. The zero-order valence-electron chi connectivity index (χ0n) is 9.81. The molecule has 0 spiro atoms. The van der Waals surface area contributed by atoms with Crippen molar-refractivity contribution in [3.05, 3.63) is 53.3 Å². The first-order valence-electron chi connectivity index (χ1n) is 5.38. The molecule has 2 rings (SSSR count). The van der Waals surface area contributed by atoms with E-state index >= 15 is 0 Å². The van der Waals surface area contributed by atoms with Crippen LogP contribution in [0.15, 0.2) is 36.5 Å². The molecule has 0 amide bonds. The maximum absolute atomic E-state index is 11.5. The molecule has 0 radical (unpaired) electrons. The predicted octanol–water partition coefficient (Wildman–Crippen LogP) is 2.48. The van der Waals surface area contributed by atoms with Crippen molar-refractivity contribution in [2.24, 2.45) is 0 Å². The zero-order chi connectivity index (χ0) is 12.4. The first-order chi connectivity index (χ1) is 8.13. The third-order valence-corrected chi connectivity index (χ3v) is 2.73. The van der Waals surface area contributed by atoms with Crippen molar-refractivity contribution < 1.29 is 9.59 Å². The van der Waals surface area contributed by atoms with E-state index in [1.54, 1.807) is 22.9 Å². The van der Waals surface area contributed by atoms with Crippen molar-refractivity contribution in [3.8, 4) is 5.69 Å². The summed E-state index contributed by atoms with van der Waals surface area (Å²) in [7, 11) is 0. The molecule has 1 aromatic carbocycles. The van der Waals surface area contributed by atoms with Crippen molar-refractivity contribution in [1.82, 2.24) is 4.57 Å². The third kappa shape index (κ3) is 2.04. The molecule has 0 atom stereocenters. The van der Waals surface area contributed by atoms with Gasteiger partial charge in [0.15, 0.2) is 6.29 Å². The van der Waals surface area contributed by atoms with E-state index in [0.29, 0.717) is 12.0 Å². The molecule has 0 aliphatic heterocycles. The van der Waals surface area contributed by atoms with Crippen molar-refractivity contribution >= 4 is 12.1 Å². The predicted molar refractivity (Wildman–Crippen MR) is 65.6 cm³/mol. The fourth-order valence-electron chi connectivity index (χ4n) is 1.83. The van der Waals surface area contributed by atoms with E-state index in [2.05, 4.69) is 0 Å². The molecule has 0 N–H and O–H groups in total. The summed E-state index contributed by atoms with van der Waals surface area (Å²) in [6.07, 6.45) is 2.13. The number of carbonyl (C=O) groups is 2. The molecule has 0 fully saturated rings. The van der Waals surface area contributed by atoms with Crippen LogP contribution in [0.2, 0.25) is 0 Å². The number of aldehydes is 1. The lowest BCUT2D eigenvalue weighted by Crippen LogP contribution is -2.08. The van der Waals surface area contributed by atoms with Crippen LogP contribution >= 0.6 is 0 Å². The number of aromatic nitrogens is 1. The van der Waals surface area contributed by atoms with E-state index in [-0.39, 0.29) is 0 Å². The lowest BCUT2D eigenvalue weighted by atomic mass is 10.1. The Kier molecular flexibility index (Phi) is 2.91. The minimum absolute atomic E-state index is 0.344. The zero-order valence-corrected chi connectivity index (χ0v) is 9.81. The van der Waals surface area contributed by atoms with Crippen LogP contribution in [-0.4, -0.2) is 16.6 Å². The highest BCUT2D eigenvalue weighted by Gasteiger charge is 2.12.